The van der Waals surface area contributed by atoms with Crippen molar-refractivity contribution in [3.05, 3.63) is 59.9 Å². The molecule has 1 atom stereocenters. The van der Waals surface area contributed by atoms with Gasteiger partial charge in [-0.25, -0.2) is 0 Å². The van der Waals surface area contributed by atoms with Crippen LogP contribution < -0.4 is 5.32 Å². The Labute approximate surface area is 148 Å². The number of nitrogens with one attached hydrogen (secondary N) is 1. The molecule has 2 heterocycles. The van der Waals surface area contributed by atoms with Crippen LogP contribution in [-0.4, -0.2) is 40.5 Å². The van der Waals surface area contributed by atoms with Crippen LogP contribution in [0.3, 0.4) is 0 Å². The number of carbonyl (C=O) groups excluding carboxylic acids is 1. The number of carbonyl (C=O) groups is 1. The fraction of sp³-hybridized carbons (Fsp3) is 0.400. The summed E-state index contributed by atoms with van der Waals surface area (Å²) >= 11 is 0. The van der Waals surface area contributed by atoms with E-state index < -0.39 is 0 Å². The van der Waals surface area contributed by atoms with Crippen molar-refractivity contribution in [2.45, 2.75) is 25.8 Å². The lowest BCUT2D eigenvalue weighted by atomic mass is 9.94. The van der Waals surface area contributed by atoms with Crippen molar-refractivity contribution in [1.29, 1.82) is 0 Å². The number of hydrogen-bond donors (Lipinski definition) is 2. The van der Waals surface area contributed by atoms with Crippen molar-refractivity contribution < 1.29 is 9.90 Å². The third kappa shape index (κ3) is 5.29. The number of amides is 1. The molecule has 2 aromatic rings. The van der Waals surface area contributed by atoms with Gasteiger partial charge in [0.15, 0.2) is 0 Å². The van der Waals surface area contributed by atoms with Gasteiger partial charge in [-0.3, -0.25) is 14.7 Å². The van der Waals surface area contributed by atoms with Gasteiger partial charge in [-0.15, -0.1) is 0 Å². The zero-order valence-electron chi connectivity index (χ0n) is 14.4. The Morgan fingerprint density at radius 1 is 1.28 bits per heavy atom. The maximum absolute atomic E-state index is 12.0. The van der Waals surface area contributed by atoms with Crippen molar-refractivity contribution in [3.8, 4) is 5.75 Å². The standard InChI is InChI=1S/C20H25N3O2/c24-18-7-3-5-17(13-18)15-23-12-4-6-16(14-23)9-11-22-20(25)19-8-1-2-10-21-19/h1-3,5,7-8,10,13,16,24H,4,6,9,11-12,14-15H2,(H,22,25). The number of likely N-dealkylation sites (tertiary alicyclic amines) is 1. The van der Waals surface area contributed by atoms with E-state index in [0.717, 1.165) is 31.6 Å². The summed E-state index contributed by atoms with van der Waals surface area (Å²) in [5.74, 6) is 0.811. The van der Waals surface area contributed by atoms with Gasteiger partial charge < -0.3 is 10.4 Å². The molecule has 1 aromatic carbocycles. The highest BCUT2D eigenvalue weighted by molar-refractivity contribution is 5.92. The number of hydrogen-bond acceptors (Lipinski definition) is 4. The van der Waals surface area contributed by atoms with Crippen LogP contribution in [0.1, 0.15) is 35.3 Å². The van der Waals surface area contributed by atoms with Crippen molar-refractivity contribution in [3.63, 3.8) is 0 Å². The Kier molecular flexibility index (Phi) is 6.01. The summed E-state index contributed by atoms with van der Waals surface area (Å²) in [5.41, 5.74) is 1.61. The van der Waals surface area contributed by atoms with E-state index in [9.17, 15) is 9.90 Å². The maximum atomic E-state index is 12.0. The lowest BCUT2D eigenvalue weighted by Crippen LogP contribution is -2.36. The van der Waals surface area contributed by atoms with E-state index in [-0.39, 0.29) is 5.91 Å². The van der Waals surface area contributed by atoms with Gasteiger partial charge in [0.25, 0.3) is 5.91 Å². The van der Waals surface area contributed by atoms with E-state index in [2.05, 4.69) is 21.3 Å². The number of phenolic OH excluding ortho intramolecular Hbond substituents is 1. The molecule has 1 aliphatic rings. The molecule has 2 N–H and O–H groups in total. The second-order valence-electron chi connectivity index (χ2n) is 6.67. The van der Waals surface area contributed by atoms with Crippen LogP contribution in [0.5, 0.6) is 5.75 Å². The van der Waals surface area contributed by atoms with Gasteiger partial charge in [-0.2, -0.15) is 0 Å². The van der Waals surface area contributed by atoms with Crippen LogP contribution in [0.15, 0.2) is 48.7 Å². The summed E-state index contributed by atoms with van der Waals surface area (Å²) in [6.45, 7) is 3.67. The molecular weight excluding hydrogens is 314 g/mol. The van der Waals surface area contributed by atoms with Gasteiger partial charge in [0.2, 0.25) is 0 Å². The van der Waals surface area contributed by atoms with Gasteiger partial charge in [-0.1, -0.05) is 18.2 Å². The predicted molar refractivity (Wildman–Crippen MR) is 97.3 cm³/mol. The van der Waals surface area contributed by atoms with Crippen LogP contribution in [-0.2, 0) is 6.54 Å². The summed E-state index contributed by atoms with van der Waals surface area (Å²) in [6, 6.07) is 12.8. The fourth-order valence-corrected chi connectivity index (χ4v) is 3.42. The molecule has 1 fully saturated rings. The third-order valence-corrected chi connectivity index (χ3v) is 4.66. The normalized spacial score (nSPS) is 18.0. The summed E-state index contributed by atoms with van der Waals surface area (Å²) in [6.07, 6.45) is 5.00. The average Bonchev–Trinajstić information content (AvgIpc) is 2.63. The summed E-state index contributed by atoms with van der Waals surface area (Å²) in [5, 5.41) is 12.6. The summed E-state index contributed by atoms with van der Waals surface area (Å²) in [4.78, 5) is 18.5. The SMILES string of the molecule is O=C(NCCC1CCCN(Cc2cccc(O)c2)C1)c1ccccn1. The first-order chi connectivity index (χ1) is 12.2. The average molecular weight is 339 g/mol. The highest BCUT2D eigenvalue weighted by Crippen LogP contribution is 2.22. The molecule has 132 valence electrons. The molecule has 0 bridgehead atoms. The Bertz CT molecular complexity index is 690. The molecule has 1 saturated heterocycles. The number of aromatic nitrogens is 1. The minimum absolute atomic E-state index is 0.104. The molecule has 0 aliphatic carbocycles. The number of benzene rings is 1. The number of rotatable bonds is 6. The number of phenols is 1. The summed E-state index contributed by atoms with van der Waals surface area (Å²) < 4.78 is 0. The van der Waals surface area contributed by atoms with Gasteiger partial charge in [0, 0.05) is 25.8 Å². The Hall–Kier alpha value is -2.40. The Morgan fingerprint density at radius 3 is 3.00 bits per heavy atom. The second kappa shape index (κ2) is 8.62. The van der Waals surface area contributed by atoms with Gasteiger partial charge in [-0.05, 0) is 61.6 Å². The summed E-state index contributed by atoms with van der Waals surface area (Å²) in [7, 11) is 0. The Morgan fingerprint density at radius 2 is 2.20 bits per heavy atom. The van der Waals surface area contributed by atoms with E-state index in [1.807, 2.05) is 18.2 Å². The van der Waals surface area contributed by atoms with Crippen LogP contribution in [0, 0.1) is 5.92 Å². The van der Waals surface area contributed by atoms with E-state index in [0.29, 0.717) is 23.9 Å². The van der Waals surface area contributed by atoms with Crippen LogP contribution in [0.25, 0.3) is 0 Å². The van der Waals surface area contributed by atoms with Gasteiger partial charge in [0.1, 0.15) is 11.4 Å². The molecule has 5 heteroatoms. The van der Waals surface area contributed by atoms with E-state index in [1.54, 1.807) is 24.4 Å². The van der Waals surface area contributed by atoms with Crippen molar-refractivity contribution in [1.82, 2.24) is 15.2 Å². The quantitative estimate of drug-likeness (QED) is 0.849. The molecule has 0 radical (unpaired) electrons. The molecule has 25 heavy (non-hydrogen) atoms. The third-order valence-electron chi connectivity index (χ3n) is 4.66. The van der Waals surface area contributed by atoms with Crippen molar-refractivity contribution in [2.24, 2.45) is 5.92 Å². The van der Waals surface area contributed by atoms with Crippen molar-refractivity contribution >= 4 is 5.91 Å². The lowest BCUT2D eigenvalue weighted by molar-refractivity contribution is 0.0941. The van der Waals surface area contributed by atoms with Crippen LogP contribution in [0.2, 0.25) is 0 Å². The second-order valence-corrected chi connectivity index (χ2v) is 6.67. The van der Waals surface area contributed by atoms with E-state index in [4.69, 9.17) is 0 Å². The number of piperidine rings is 1. The predicted octanol–water partition coefficient (Wildman–Crippen LogP) is 2.82. The minimum Gasteiger partial charge on any atom is -0.508 e. The molecule has 1 amide bonds. The molecule has 1 aliphatic heterocycles. The minimum atomic E-state index is -0.104. The number of nitrogens with zero attached hydrogens (tertiary/aromatic N) is 2. The Balaban J connectivity index is 1.43. The smallest absolute Gasteiger partial charge is 0.269 e. The maximum Gasteiger partial charge on any atom is 0.269 e. The molecule has 0 saturated carbocycles. The molecule has 1 aromatic heterocycles. The van der Waals surface area contributed by atoms with Gasteiger partial charge in [0.05, 0.1) is 0 Å². The number of pyridine rings is 1. The monoisotopic (exact) mass is 339 g/mol. The van der Waals surface area contributed by atoms with Crippen LogP contribution >= 0.6 is 0 Å². The van der Waals surface area contributed by atoms with Crippen molar-refractivity contribution in [2.75, 3.05) is 19.6 Å². The molecular formula is C20H25N3O2. The van der Waals surface area contributed by atoms with E-state index >= 15 is 0 Å². The van der Waals surface area contributed by atoms with Gasteiger partial charge >= 0.3 is 0 Å². The fourth-order valence-electron chi connectivity index (χ4n) is 3.42. The van der Waals surface area contributed by atoms with E-state index in [1.165, 1.54) is 12.8 Å². The molecule has 3 rings (SSSR count). The first-order valence-corrected chi connectivity index (χ1v) is 8.90. The first kappa shape index (κ1) is 17.4. The highest BCUT2D eigenvalue weighted by Gasteiger charge is 2.20. The zero-order chi connectivity index (χ0) is 17.5. The largest absolute Gasteiger partial charge is 0.508 e. The molecule has 0 spiro atoms. The van der Waals surface area contributed by atoms with Crippen LogP contribution in [0.4, 0.5) is 0 Å². The molecule has 1 unspecified atom stereocenters. The topological polar surface area (TPSA) is 65.5 Å². The number of aromatic hydroxyl groups is 1. The lowest BCUT2D eigenvalue weighted by Gasteiger charge is -2.32. The zero-order valence-corrected chi connectivity index (χ0v) is 14.4. The highest BCUT2D eigenvalue weighted by atomic mass is 16.3. The first-order valence-electron chi connectivity index (χ1n) is 8.90. The molecule has 5 nitrogen and oxygen atoms in total.